The second-order valence-electron chi connectivity index (χ2n) is 10.9. The number of hydrogen-bond acceptors (Lipinski definition) is 6. The predicted octanol–water partition coefficient (Wildman–Crippen LogP) is 7.25. The fourth-order valence-electron chi connectivity index (χ4n) is 5.35. The van der Waals surface area contributed by atoms with E-state index in [1.165, 1.54) is 28.8 Å². The molecule has 0 unspecified atom stereocenters. The number of alkyl halides is 3. The Morgan fingerprint density at radius 2 is 1.57 bits per heavy atom. The molecule has 9 nitrogen and oxygen atoms in total. The number of fused-ring (bicyclic) bond motifs is 1. The summed E-state index contributed by atoms with van der Waals surface area (Å²) in [4.78, 5) is 17.7. The van der Waals surface area contributed by atoms with Crippen LogP contribution in [0, 0.1) is 0 Å². The van der Waals surface area contributed by atoms with Gasteiger partial charge in [0.1, 0.15) is 11.3 Å². The molecule has 6 aromatic rings. The molecular formula is C34H30F3N5O4S. The van der Waals surface area contributed by atoms with E-state index in [0.717, 1.165) is 29.2 Å². The Hall–Kier alpha value is -5.17. The molecule has 0 aliphatic rings. The second-order valence-corrected chi connectivity index (χ2v) is 12.6. The summed E-state index contributed by atoms with van der Waals surface area (Å²) in [6.07, 6.45) is -2.28. The number of hydrogen-bond donors (Lipinski definition) is 1. The average molecular weight is 662 g/mol. The molecule has 0 saturated carbocycles. The van der Waals surface area contributed by atoms with Crippen molar-refractivity contribution in [2.75, 3.05) is 4.72 Å². The van der Waals surface area contributed by atoms with Gasteiger partial charge in [-0.3, -0.25) is 4.57 Å². The van der Waals surface area contributed by atoms with Gasteiger partial charge in [-0.25, -0.2) is 17.9 Å². The minimum atomic E-state index is -4.65. The molecule has 0 amide bonds. The number of nitrogens with zero attached hydrogens (tertiary/aromatic N) is 4. The van der Waals surface area contributed by atoms with E-state index in [1.807, 2.05) is 19.1 Å². The fraction of sp³-hybridized carbons (Fsp3) is 0.206. The SMILES string of the molecule is CCCCc1nn(-c2ccccc2C(F)(F)F)c(=O)n1CCc1ccc(-c2ccccc2S(=O)(=O)Nc2nc3ccccc3o2)cc1. The third kappa shape index (κ3) is 6.70. The van der Waals surface area contributed by atoms with Crippen molar-refractivity contribution in [3.05, 3.63) is 124 Å². The molecule has 0 aliphatic carbocycles. The Bertz CT molecular complexity index is 2170. The molecule has 242 valence electrons. The standard InChI is InChI=1S/C34H30F3N5O4S/c1-2-3-16-31-39-42(28-13-7-5-11-26(28)34(35,36)37)33(43)41(31)22-21-23-17-19-24(20-18-23)25-10-4-9-15-30(25)47(44,45)40-32-38-27-12-6-8-14-29(27)46-32/h4-15,17-20H,2-3,16,21-22H2,1H3,(H,38,40). The summed E-state index contributed by atoms with van der Waals surface area (Å²) in [5.41, 5.74) is 1.03. The van der Waals surface area contributed by atoms with E-state index >= 15 is 0 Å². The van der Waals surface area contributed by atoms with Crippen LogP contribution >= 0.6 is 0 Å². The largest absolute Gasteiger partial charge is 0.423 e. The van der Waals surface area contributed by atoms with Crippen molar-refractivity contribution in [1.29, 1.82) is 0 Å². The van der Waals surface area contributed by atoms with Gasteiger partial charge >= 0.3 is 17.9 Å². The number of para-hydroxylation sites is 3. The number of nitrogens with one attached hydrogen (secondary N) is 1. The molecular weight excluding hydrogens is 631 g/mol. The van der Waals surface area contributed by atoms with Gasteiger partial charge in [0.05, 0.1) is 16.1 Å². The molecule has 2 aromatic heterocycles. The van der Waals surface area contributed by atoms with Gasteiger partial charge in [-0.1, -0.05) is 80.1 Å². The number of oxazole rings is 1. The van der Waals surface area contributed by atoms with Gasteiger partial charge in [0.2, 0.25) is 0 Å². The molecule has 2 heterocycles. The summed E-state index contributed by atoms with van der Waals surface area (Å²) >= 11 is 0. The first kappa shape index (κ1) is 31.8. The number of aromatic nitrogens is 4. The molecule has 1 N–H and O–H groups in total. The quantitative estimate of drug-likeness (QED) is 0.157. The van der Waals surface area contributed by atoms with Crippen molar-refractivity contribution in [1.82, 2.24) is 19.3 Å². The monoisotopic (exact) mass is 661 g/mol. The van der Waals surface area contributed by atoms with Crippen molar-refractivity contribution >= 4 is 27.1 Å². The van der Waals surface area contributed by atoms with Crippen LogP contribution in [0.3, 0.4) is 0 Å². The lowest BCUT2D eigenvalue weighted by Gasteiger charge is -2.12. The summed E-state index contributed by atoms with van der Waals surface area (Å²) in [6, 6.07) is 25.5. The number of halogens is 3. The number of unbranched alkanes of at least 4 members (excludes halogenated alkanes) is 1. The van der Waals surface area contributed by atoms with Crippen LogP contribution in [0.15, 0.2) is 111 Å². The van der Waals surface area contributed by atoms with Crippen molar-refractivity contribution < 1.29 is 26.0 Å². The molecule has 0 spiro atoms. The van der Waals surface area contributed by atoms with Crippen LogP contribution in [0.5, 0.6) is 0 Å². The maximum atomic E-state index is 13.7. The third-order valence-electron chi connectivity index (χ3n) is 7.71. The summed E-state index contributed by atoms with van der Waals surface area (Å²) in [6.45, 7) is 2.18. The van der Waals surface area contributed by atoms with Crippen molar-refractivity contribution in [3.8, 4) is 16.8 Å². The molecule has 47 heavy (non-hydrogen) atoms. The lowest BCUT2D eigenvalue weighted by atomic mass is 10.0. The molecule has 0 aliphatic heterocycles. The van der Waals surface area contributed by atoms with Gasteiger partial charge in [-0.2, -0.15) is 22.8 Å². The van der Waals surface area contributed by atoms with Crippen LogP contribution in [0.2, 0.25) is 0 Å². The van der Waals surface area contributed by atoms with E-state index < -0.39 is 27.5 Å². The van der Waals surface area contributed by atoms with Crippen LogP contribution in [0.4, 0.5) is 19.2 Å². The Morgan fingerprint density at radius 1 is 0.872 bits per heavy atom. The van der Waals surface area contributed by atoms with Gasteiger partial charge in [0.25, 0.3) is 10.0 Å². The first-order chi connectivity index (χ1) is 22.5. The highest BCUT2D eigenvalue weighted by Crippen LogP contribution is 2.33. The second kappa shape index (κ2) is 12.9. The number of sulfonamides is 1. The summed E-state index contributed by atoms with van der Waals surface area (Å²) in [5, 5.41) is 4.33. The van der Waals surface area contributed by atoms with Crippen molar-refractivity contribution in [2.24, 2.45) is 0 Å². The zero-order valence-electron chi connectivity index (χ0n) is 25.2. The average Bonchev–Trinajstić information content (AvgIpc) is 3.61. The lowest BCUT2D eigenvalue weighted by Crippen LogP contribution is -2.27. The molecule has 0 atom stereocenters. The Kier molecular flexibility index (Phi) is 8.74. The molecule has 6 rings (SSSR count). The molecule has 13 heteroatoms. The summed E-state index contributed by atoms with van der Waals surface area (Å²) in [7, 11) is -4.07. The summed E-state index contributed by atoms with van der Waals surface area (Å²) < 4.78 is 78.3. The van der Waals surface area contributed by atoms with E-state index in [-0.39, 0.29) is 23.1 Å². The normalized spacial score (nSPS) is 12.1. The first-order valence-corrected chi connectivity index (χ1v) is 16.5. The Labute approximate surface area is 268 Å². The van der Waals surface area contributed by atoms with Gasteiger partial charge in [-0.15, -0.1) is 5.10 Å². The van der Waals surface area contributed by atoms with Crippen molar-refractivity contribution in [2.45, 2.75) is 50.2 Å². The van der Waals surface area contributed by atoms with Crippen LogP contribution in [0.1, 0.15) is 36.7 Å². The van der Waals surface area contributed by atoms with Gasteiger partial charge < -0.3 is 4.42 Å². The van der Waals surface area contributed by atoms with Gasteiger partial charge in [-0.05, 0) is 54.3 Å². The Balaban J connectivity index is 1.24. The third-order valence-corrected chi connectivity index (χ3v) is 9.09. The number of aryl methyl sites for hydroxylation is 2. The highest BCUT2D eigenvalue weighted by Gasteiger charge is 2.35. The smallest absolute Gasteiger partial charge is 0.418 e. The highest BCUT2D eigenvalue weighted by molar-refractivity contribution is 7.92. The minimum Gasteiger partial charge on any atom is -0.423 e. The lowest BCUT2D eigenvalue weighted by molar-refractivity contribution is -0.137. The zero-order valence-corrected chi connectivity index (χ0v) is 26.1. The van der Waals surface area contributed by atoms with E-state index in [1.54, 1.807) is 54.6 Å². The Morgan fingerprint density at radius 3 is 2.32 bits per heavy atom. The number of rotatable bonds is 11. The topological polar surface area (TPSA) is 112 Å². The number of benzene rings is 4. The van der Waals surface area contributed by atoms with Crippen LogP contribution < -0.4 is 10.4 Å². The minimum absolute atomic E-state index is 0.0358. The predicted molar refractivity (Wildman–Crippen MR) is 172 cm³/mol. The summed E-state index contributed by atoms with van der Waals surface area (Å²) in [5.74, 6) is 0.413. The molecule has 0 saturated heterocycles. The van der Waals surface area contributed by atoms with Crippen LogP contribution in [-0.4, -0.2) is 27.7 Å². The van der Waals surface area contributed by atoms with Gasteiger partial charge in [0.15, 0.2) is 5.58 Å². The maximum Gasteiger partial charge on any atom is 0.418 e. The fourth-order valence-corrected chi connectivity index (χ4v) is 6.51. The molecule has 0 radical (unpaired) electrons. The molecule has 0 bridgehead atoms. The molecule has 4 aromatic carbocycles. The van der Waals surface area contributed by atoms with Crippen LogP contribution in [-0.2, 0) is 35.6 Å². The van der Waals surface area contributed by atoms with E-state index in [2.05, 4.69) is 14.8 Å². The number of anilines is 1. The van der Waals surface area contributed by atoms with Crippen LogP contribution in [0.25, 0.3) is 27.9 Å². The zero-order chi connectivity index (χ0) is 33.2. The van der Waals surface area contributed by atoms with E-state index in [4.69, 9.17) is 4.42 Å². The van der Waals surface area contributed by atoms with E-state index in [9.17, 15) is 26.4 Å². The van der Waals surface area contributed by atoms with Crippen molar-refractivity contribution in [3.63, 3.8) is 0 Å². The first-order valence-electron chi connectivity index (χ1n) is 15.0. The van der Waals surface area contributed by atoms with E-state index in [0.29, 0.717) is 40.9 Å². The molecule has 0 fully saturated rings. The van der Waals surface area contributed by atoms with Gasteiger partial charge in [0, 0.05) is 18.5 Å². The maximum absolute atomic E-state index is 13.7. The highest BCUT2D eigenvalue weighted by atomic mass is 32.2.